The normalized spacial score (nSPS) is 16.6. The van der Waals surface area contributed by atoms with Gasteiger partial charge in [0.25, 0.3) is 0 Å². The van der Waals surface area contributed by atoms with Crippen LogP contribution in [0.2, 0.25) is 0 Å². The van der Waals surface area contributed by atoms with E-state index in [1.54, 1.807) is 0 Å². The Balaban J connectivity index is 1.81. The third-order valence-corrected chi connectivity index (χ3v) is 3.40. The summed E-state index contributed by atoms with van der Waals surface area (Å²) in [5.41, 5.74) is 2.20. The van der Waals surface area contributed by atoms with Gasteiger partial charge in [-0.2, -0.15) is 0 Å². The lowest BCUT2D eigenvalue weighted by Crippen LogP contribution is -2.32. The number of hydrogen-bond donors (Lipinski definition) is 2. The number of aliphatic hydroxyl groups is 1. The first kappa shape index (κ1) is 12.1. The van der Waals surface area contributed by atoms with Gasteiger partial charge >= 0.3 is 0 Å². The van der Waals surface area contributed by atoms with Crippen molar-refractivity contribution in [1.29, 1.82) is 0 Å². The molecule has 0 aromatic heterocycles. The number of hydrogen-bond acceptors (Lipinski definition) is 2. The van der Waals surface area contributed by atoms with Crippen LogP contribution in [0.3, 0.4) is 0 Å². The molecule has 17 heavy (non-hydrogen) atoms. The topological polar surface area (TPSA) is 49.3 Å². The summed E-state index contributed by atoms with van der Waals surface area (Å²) in [5, 5.41) is 12.0. The van der Waals surface area contributed by atoms with Crippen LogP contribution in [0.5, 0.6) is 0 Å². The number of nitrogens with one attached hydrogen (secondary N) is 1. The second kappa shape index (κ2) is 4.88. The summed E-state index contributed by atoms with van der Waals surface area (Å²) < 4.78 is 0. The summed E-state index contributed by atoms with van der Waals surface area (Å²) in [4.78, 5) is 11.7. The zero-order valence-corrected chi connectivity index (χ0v) is 10.2. The van der Waals surface area contributed by atoms with Crippen LogP contribution in [0.4, 0.5) is 0 Å². The van der Waals surface area contributed by atoms with Crippen LogP contribution in [-0.4, -0.2) is 24.2 Å². The molecule has 0 bridgehead atoms. The molecule has 0 radical (unpaired) electrons. The first-order valence-electron chi connectivity index (χ1n) is 6.07. The zero-order valence-electron chi connectivity index (χ0n) is 10.2. The molecule has 0 unspecified atom stereocenters. The van der Waals surface area contributed by atoms with E-state index < -0.39 is 0 Å². The largest absolute Gasteiger partial charge is 0.396 e. The van der Waals surface area contributed by atoms with E-state index >= 15 is 0 Å². The Labute approximate surface area is 102 Å². The van der Waals surface area contributed by atoms with Gasteiger partial charge in [-0.1, -0.05) is 29.8 Å². The summed E-state index contributed by atoms with van der Waals surface area (Å²) in [6, 6.07) is 7.98. The van der Waals surface area contributed by atoms with E-state index in [-0.39, 0.29) is 17.9 Å². The monoisotopic (exact) mass is 233 g/mol. The SMILES string of the molecule is Cc1cccc(CC(=O)NCC2(CO)CC2)c1. The van der Waals surface area contributed by atoms with Gasteiger partial charge in [0.15, 0.2) is 0 Å². The highest BCUT2D eigenvalue weighted by atomic mass is 16.3. The Morgan fingerprint density at radius 2 is 2.24 bits per heavy atom. The van der Waals surface area contributed by atoms with Gasteiger partial charge in [-0.05, 0) is 25.3 Å². The Kier molecular flexibility index (Phi) is 3.48. The molecule has 2 rings (SSSR count). The molecule has 1 saturated carbocycles. The van der Waals surface area contributed by atoms with Crippen molar-refractivity contribution in [2.24, 2.45) is 5.41 Å². The van der Waals surface area contributed by atoms with Crippen LogP contribution in [-0.2, 0) is 11.2 Å². The predicted molar refractivity (Wildman–Crippen MR) is 66.6 cm³/mol. The fourth-order valence-corrected chi connectivity index (χ4v) is 1.92. The second-order valence-corrected chi connectivity index (χ2v) is 5.10. The van der Waals surface area contributed by atoms with E-state index in [2.05, 4.69) is 5.32 Å². The number of aliphatic hydroxyl groups excluding tert-OH is 1. The van der Waals surface area contributed by atoms with Crippen molar-refractivity contribution >= 4 is 5.91 Å². The molecule has 3 nitrogen and oxygen atoms in total. The van der Waals surface area contributed by atoms with Crippen molar-refractivity contribution in [3.63, 3.8) is 0 Å². The van der Waals surface area contributed by atoms with Crippen molar-refractivity contribution in [2.45, 2.75) is 26.2 Å². The summed E-state index contributed by atoms with van der Waals surface area (Å²) in [6.07, 6.45) is 2.46. The summed E-state index contributed by atoms with van der Waals surface area (Å²) >= 11 is 0. The molecule has 0 heterocycles. The third-order valence-electron chi connectivity index (χ3n) is 3.40. The van der Waals surface area contributed by atoms with E-state index in [1.165, 1.54) is 5.56 Å². The molecule has 0 saturated heterocycles. The summed E-state index contributed by atoms with van der Waals surface area (Å²) in [7, 11) is 0. The number of benzene rings is 1. The van der Waals surface area contributed by atoms with Crippen LogP contribution in [0.25, 0.3) is 0 Å². The molecule has 0 spiro atoms. The summed E-state index contributed by atoms with van der Waals surface area (Å²) in [5.74, 6) is 0.0373. The predicted octanol–water partition coefficient (Wildman–Crippen LogP) is 1.43. The number of rotatable bonds is 5. The highest BCUT2D eigenvalue weighted by molar-refractivity contribution is 5.78. The fraction of sp³-hybridized carbons (Fsp3) is 0.500. The van der Waals surface area contributed by atoms with E-state index in [4.69, 9.17) is 5.11 Å². The standard InChI is InChI=1S/C14H19NO2/c1-11-3-2-4-12(7-11)8-13(17)15-9-14(10-16)5-6-14/h2-4,7,16H,5-6,8-10H2,1H3,(H,15,17). The molecule has 0 aliphatic heterocycles. The van der Waals surface area contributed by atoms with Crippen LogP contribution in [0, 0.1) is 12.3 Å². The molecular formula is C14H19NO2. The Morgan fingerprint density at radius 1 is 1.47 bits per heavy atom. The molecule has 1 fully saturated rings. The maximum absolute atomic E-state index is 11.7. The molecule has 3 heteroatoms. The number of aryl methyl sites for hydroxylation is 1. The van der Waals surface area contributed by atoms with Gasteiger partial charge in [0.2, 0.25) is 5.91 Å². The zero-order chi connectivity index (χ0) is 12.3. The third kappa shape index (κ3) is 3.30. The Hall–Kier alpha value is -1.35. The smallest absolute Gasteiger partial charge is 0.224 e. The minimum Gasteiger partial charge on any atom is -0.396 e. The van der Waals surface area contributed by atoms with Gasteiger partial charge in [0.1, 0.15) is 0 Å². The first-order valence-corrected chi connectivity index (χ1v) is 6.07. The lowest BCUT2D eigenvalue weighted by molar-refractivity contribution is -0.120. The number of carbonyl (C=O) groups excluding carboxylic acids is 1. The van der Waals surface area contributed by atoms with Crippen molar-refractivity contribution in [3.05, 3.63) is 35.4 Å². The molecule has 1 aromatic carbocycles. The molecule has 0 atom stereocenters. The second-order valence-electron chi connectivity index (χ2n) is 5.10. The highest BCUT2D eigenvalue weighted by Gasteiger charge is 2.41. The van der Waals surface area contributed by atoms with Crippen molar-refractivity contribution in [2.75, 3.05) is 13.2 Å². The molecule has 92 valence electrons. The van der Waals surface area contributed by atoms with Gasteiger partial charge < -0.3 is 10.4 Å². The molecular weight excluding hydrogens is 214 g/mol. The van der Waals surface area contributed by atoms with Gasteiger partial charge in [0.05, 0.1) is 13.0 Å². The van der Waals surface area contributed by atoms with Gasteiger partial charge in [-0.15, -0.1) is 0 Å². The first-order chi connectivity index (χ1) is 8.13. The summed E-state index contributed by atoms with van der Waals surface area (Å²) in [6.45, 7) is 2.80. The van der Waals surface area contributed by atoms with E-state index in [9.17, 15) is 4.79 Å². The number of amides is 1. The quantitative estimate of drug-likeness (QED) is 0.808. The van der Waals surface area contributed by atoms with Crippen molar-refractivity contribution in [3.8, 4) is 0 Å². The van der Waals surface area contributed by atoms with Crippen LogP contribution >= 0.6 is 0 Å². The van der Waals surface area contributed by atoms with E-state index in [1.807, 2.05) is 31.2 Å². The van der Waals surface area contributed by atoms with E-state index in [0.717, 1.165) is 18.4 Å². The lowest BCUT2D eigenvalue weighted by Gasteiger charge is -2.12. The minimum atomic E-state index is -0.0116. The maximum atomic E-state index is 11.7. The fourth-order valence-electron chi connectivity index (χ4n) is 1.92. The van der Waals surface area contributed by atoms with Gasteiger partial charge in [-0.25, -0.2) is 0 Å². The lowest BCUT2D eigenvalue weighted by atomic mass is 10.1. The van der Waals surface area contributed by atoms with Crippen molar-refractivity contribution < 1.29 is 9.90 Å². The van der Waals surface area contributed by atoms with E-state index in [0.29, 0.717) is 13.0 Å². The average molecular weight is 233 g/mol. The molecule has 2 N–H and O–H groups in total. The van der Waals surface area contributed by atoms with Gasteiger partial charge in [-0.3, -0.25) is 4.79 Å². The Bertz CT molecular complexity index is 410. The van der Waals surface area contributed by atoms with Crippen LogP contribution in [0.1, 0.15) is 24.0 Å². The minimum absolute atomic E-state index is 0.0116. The molecule has 1 amide bonds. The maximum Gasteiger partial charge on any atom is 0.224 e. The average Bonchev–Trinajstić information content (AvgIpc) is 3.07. The van der Waals surface area contributed by atoms with Crippen molar-refractivity contribution in [1.82, 2.24) is 5.32 Å². The number of carbonyl (C=O) groups is 1. The van der Waals surface area contributed by atoms with Crippen LogP contribution < -0.4 is 5.32 Å². The van der Waals surface area contributed by atoms with Crippen LogP contribution in [0.15, 0.2) is 24.3 Å². The molecule has 1 aromatic rings. The molecule has 1 aliphatic rings. The Morgan fingerprint density at radius 3 is 2.82 bits per heavy atom. The van der Waals surface area contributed by atoms with Gasteiger partial charge in [0, 0.05) is 12.0 Å². The molecule has 1 aliphatic carbocycles. The highest BCUT2D eigenvalue weighted by Crippen LogP contribution is 2.44.